The first kappa shape index (κ1) is 15.2. The van der Waals surface area contributed by atoms with Gasteiger partial charge in [-0.25, -0.2) is 8.78 Å². The number of hydrogen-bond donors (Lipinski definition) is 0. The average molecular weight is 333 g/mol. The van der Waals surface area contributed by atoms with Crippen molar-refractivity contribution in [2.75, 3.05) is 0 Å². The maximum absolute atomic E-state index is 13.7. The molecule has 0 saturated heterocycles. The quantitative estimate of drug-likeness (QED) is 0.378. The van der Waals surface area contributed by atoms with E-state index in [0.29, 0.717) is 17.0 Å². The van der Waals surface area contributed by atoms with E-state index in [9.17, 15) is 18.9 Å². The van der Waals surface area contributed by atoms with Gasteiger partial charge in [-0.2, -0.15) is 0 Å². The number of rotatable bonds is 4. The van der Waals surface area contributed by atoms with Crippen LogP contribution in [0.5, 0.6) is 5.75 Å². The molecule has 0 N–H and O–H groups in total. The average Bonchev–Trinajstić information content (AvgIpc) is 2.53. The molecule has 0 heterocycles. The van der Waals surface area contributed by atoms with Gasteiger partial charge in [0.15, 0.2) is 5.82 Å². The molecule has 0 aliphatic heterocycles. The minimum atomic E-state index is -1.12. The molecular formula is C16H9F2NO3S. The van der Waals surface area contributed by atoms with Crippen LogP contribution >= 0.6 is 12.0 Å². The van der Waals surface area contributed by atoms with E-state index in [-0.39, 0.29) is 0 Å². The van der Waals surface area contributed by atoms with Crippen molar-refractivity contribution in [2.45, 2.75) is 4.90 Å². The summed E-state index contributed by atoms with van der Waals surface area (Å²) < 4.78 is 32.0. The highest BCUT2D eigenvalue weighted by Gasteiger charge is 2.23. The van der Waals surface area contributed by atoms with E-state index < -0.39 is 28.0 Å². The second-order valence-electron chi connectivity index (χ2n) is 4.67. The highest BCUT2D eigenvalue weighted by molar-refractivity contribution is 7.95. The topological polar surface area (TPSA) is 52.4 Å². The fraction of sp³-hybridized carbons (Fsp3) is 0. The van der Waals surface area contributed by atoms with Crippen molar-refractivity contribution < 1.29 is 17.9 Å². The molecular weight excluding hydrogens is 324 g/mol. The van der Waals surface area contributed by atoms with Gasteiger partial charge in [0.25, 0.3) is 5.75 Å². The predicted molar refractivity (Wildman–Crippen MR) is 83.4 cm³/mol. The van der Waals surface area contributed by atoms with E-state index in [0.717, 1.165) is 22.8 Å². The van der Waals surface area contributed by atoms with E-state index in [1.54, 1.807) is 6.07 Å². The number of halogens is 2. The van der Waals surface area contributed by atoms with E-state index in [2.05, 4.69) is 0 Å². The largest absolute Gasteiger partial charge is 0.410 e. The molecule has 3 aromatic carbocycles. The zero-order chi connectivity index (χ0) is 16.4. The summed E-state index contributed by atoms with van der Waals surface area (Å²) in [5.74, 6) is -2.75. The summed E-state index contributed by atoms with van der Waals surface area (Å²) in [6.07, 6.45) is 0. The Balaban J connectivity index is 1.88. The lowest BCUT2D eigenvalue weighted by Gasteiger charge is -2.07. The van der Waals surface area contributed by atoms with Crippen molar-refractivity contribution in [1.82, 2.24) is 0 Å². The number of nitrogens with zero attached hydrogens (tertiary/aromatic N) is 1. The van der Waals surface area contributed by atoms with Crippen molar-refractivity contribution in [1.29, 1.82) is 0 Å². The van der Waals surface area contributed by atoms with Crippen LogP contribution in [-0.4, -0.2) is 4.92 Å². The Morgan fingerprint density at radius 2 is 1.74 bits per heavy atom. The first-order valence-electron chi connectivity index (χ1n) is 6.51. The van der Waals surface area contributed by atoms with Crippen LogP contribution in [0.3, 0.4) is 0 Å². The molecule has 4 nitrogen and oxygen atoms in total. The van der Waals surface area contributed by atoms with Gasteiger partial charge in [0.2, 0.25) is 0 Å². The zero-order valence-electron chi connectivity index (χ0n) is 11.5. The Labute approximate surface area is 134 Å². The molecule has 23 heavy (non-hydrogen) atoms. The second-order valence-corrected chi connectivity index (χ2v) is 5.47. The van der Waals surface area contributed by atoms with Gasteiger partial charge < -0.3 is 4.18 Å². The van der Waals surface area contributed by atoms with Crippen LogP contribution in [0, 0.1) is 21.7 Å². The van der Waals surface area contributed by atoms with Crippen LogP contribution in [-0.2, 0) is 0 Å². The van der Waals surface area contributed by atoms with Crippen molar-refractivity contribution in [3.63, 3.8) is 0 Å². The summed E-state index contributed by atoms with van der Waals surface area (Å²) >= 11 is 0.773. The van der Waals surface area contributed by atoms with Crippen LogP contribution in [0.15, 0.2) is 59.5 Å². The zero-order valence-corrected chi connectivity index (χ0v) is 12.3. The van der Waals surface area contributed by atoms with Gasteiger partial charge in [-0.15, -0.1) is 0 Å². The fourth-order valence-electron chi connectivity index (χ4n) is 2.07. The molecule has 0 saturated carbocycles. The van der Waals surface area contributed by atoms with Gasteiger partial charge in [0.05, 0.1) is 23.0 Å². The summed E-state index contributed by atoms with van der Waals surface area (Å²) in [5, 5.41) is 12.9. The van der Waals surface area contributed by atoms with Gasteiger partial charge in [0, 0.05) is 11.0 Å². The molecule has 0 bridgehead atoms. The Kier molecular flexibility index (Phi) is 4.12. The molecule has 0 amide bonds. The first-order valence-corrected chi connectivity index (χ1v) is 7.25. The molecule has 0 unspecified atom stereocenters. The van der Waals surface area contributed by atoms with Crippen LogP contribution in [0.4, 0.5) is 14.5 Å². The summed E-state index contributed by atoms with van der Waals surface area (Å²) in [5.41, 5.74) is -0.754. The third-order valence-corrected chi connectivity index (χ3v) is 3.82. The Morgan fingerprint density at radius 3 is 2.48 bits per heavy atom. The predicted octanol–water partition coefficient (Wildman–Crippen LogP) is 5.11. The maximum Gasteiger partial charge on any atom is 0.318 e. The second kappa shape index (κ2) is 6.21. The molecule has 0 aliphatic rings. The minimum Gasteiger partial charge on any atom is -0.410 e. The molecule has 0 atom stereocenters. The molecule has 0 aromatic heterocycles. The molecule has 0 aliphatic carbocycles. The lowest BCUT2D eigenvalue weighted by Crippen LogP contribution is -1.97. The van der Waals surface area contributed by atoms with Gasteiger partial charge >= 0.3 is 5.69 Å². The molecule has 3 rings (SSSR count). The minimum absolute atomic E-state index is 0.545. The van der Waals surface area contributed by atoms with Crippen LogP contribution < -0.4 is 4.18 Å². The third kappa shape index (κ3) is 3.24. The summed E-state index contributed by atoms with van der Waals surface area (Å²) in [4.78, 5) is 10.6. The molecule has 7 heteroatoms. The van der Waals surface area contributed by atoms with E-state index in [1.807, 2.05) is 36.4 Å². The van der Waals surface area contributed by atoms with E-state index in [4.69, 9.17) is 4.18 Å². The highest BCUT2D eigenvalue weighted by atomic mass is 32.2. The van der Waals surface area contributed by atoms with Gasteiger partial charge in [-0.3, -0.25) is 10.1 Å². The summed E-state index contributed by atoms with van der Waals surface area (Å²) in [6.45, 7) is 0. The molecule has 3 aromatic rings. The SMILES string of the molecule is O=[N+]([O-])c1cc(F)cc(F)c1OSc1ccc2ccccc2c1. The number of nitro benzene ring substituents is 1. The number of hydrogen-bond acceptors (Lipinski definition) is 4. The third-order valence-electron chi connectivity index (χ3n) is 3.13. The van der Waals surface area contributed by atoms with Crippen LogP contribution in [0.2, 0.25) is 0 Å². The molecule has 0 fully saturated rings. The molecule has 0 spiro atoms. The van der Waals surface area contributed by atoms with Gasteiger partial charge in [0.1, 0.15) is 5.82 Å². The van der Waals surface area contributed by atoms with Crippen molar-refractivity contribution >= 4 is 28.5 Å². The Hall–Kier alpha value is -2.67. The smallest absolute Gasteiger partial charge is 0.318 e. The first-order chi connectivity index (χ1) is 11.0. The molecule has 116 valence electrons. The molecule has 0 radical (unpaired) electrons. The lowest BCUT2D eigenvalue weighted by atomic mass is 10.1. The summed E-state index contributed by atoms with van der Waals surface area (Å²) in [7, 11) is 0. The van der Waals surface area contributed by atoms with Crippen molar-refractivity contribution in [3.8, 4) is 5.75 Å². The van der Waals surface area contributed by atoms with Gasteiger partial charge in [-0.1, -0.05) is 30.3 Å². The number of fused-ring (bicyclic) bond motifs is 1. The van der Waals surface area contributed by atoms with Crippen molar-refractivity contribution in [3.05, 3.63) is 76.3 Å². The monoisotopic (exact) mass is 333 g/mol. The normalized spacial score (nSPS) is 10.7. The standard InChI is InChI=1S/C16H9F2NO3S/c17-12-8-14(18)16(15(9-12)19(20)21)22-23-13-6-5-10-3-1-2-4-11(10)7-13/h1-9H. The summed E-state index contributed by atoms with van der Waals surface area (Å²) in [6, 6.07) is 14.2. The Bertz CT molecular complexity index is 902. The van der Waals surface area contributed by atoms with E-state index in [1.165, 1.54) is 0 Å². The lowest BCUT2D eigenvalue weighted by molar-refractivity contribution is -0.385. The van der Waals surface area contributed by atoms with Crippen LogP contribution in [0.25, 0.3) is 10.8 Å². The fourth-order valence-corrected chi connectivity index (χ4v) is 2.72. The van der Waals surface area contributed by atoms with Crippen LogP contribution in [0.1, 0.15) is 0 Å². The maximum atomic E-state index is 13.7. The highest BCUT2D eigenvalue weighted by Crippen LogP contribution is 2.35. The van der Waals surface area contributed by atoms with Crippen molar-refractivity contribution in [2.24, 2.45) is 0 Å². The van der Waals surface area contributed by atoms with Gasteiger partial charge in [-0.05, 0) is 22.9 Å². The van der Waals surface area contributed by atoms with E-state index >= 15 is 0 Å². The number of benzene rings is 3. The Morgan fingerprint density at radius 1 is 1.00 bits per heavy atom. The number of nitro groups is 1.